The first-order valence-corrected chi connectivity index (χ1v) is 7.80. The molecule has 2 aromatic rings. The summed E-state index contributed by atoms with van der Waals surface area (Å²) in [7, 11) is 0. The van der Waals surface area contributed by atoms with Crippen LogP contribution in [0, 0.1) is 24.0 Å². The minimum Gasteiger partial charge on any atom is -0.457 e. The van der Waals surface area contributed by atoms with Crippen molar-refractivity contribution in [2.75, 3.05) is 11.9 Å². The number of nitrogens with zero attached hydrogens (tertiary/aromatic N) is 1. The molecule has 0 radical (unpaired) electrons. The van der Waals surface area contributed by atoms with Gasteiger partial charge in [-0.25, -0.2) is 0 Å². The van der Waals surface area contributed by atoms with Crippen LogP contribution in [0.3, 0.4) is 0 Å². The van der Waals surface area contributed by atoms with Gasteiger partial charge < -0.3 is 10.1 Å². The highest BCUT2D eigenvalue weighted by molar-refractivity contribution is 5.65. The molecule has 1 heterocycles. The van der Waals surface area contributed by atoms with Gasteiger partial charge in [-0.3, -0.25) is 10.1 Å². The van der Waals surface area contributed by atoms with E-state index in [9.17, 15) is 10.1 Å². The molecule has 1 aliphatic heterocycles. The van der Waals surface area contributed by atoms with E-state index in [4.69, 9.17) is 4.74 Å². The van der Waals surface area contributed by atoms with Crippen LogP contribution in [0.5, 0.6) is 11.5 Å². The van der Waals surface area contributed by atoms with Crippen molar-refractivity contribution in [2.24, 2.45) is 0 Å². The Kier molecular flexibility index (Phi) is 2.88. The Hall–Kier alpha value is -2.56. The first-order valence-electron chi connectivity index (χ1n) is 7.80. The Bertz CT molecular complexity index is 802. The molecule has 0 amide bonds. The topological polar surface area (TPSA) is 64.4 Å². The van der Waals surface area contributed by atoms with Crippen molar-refractivity contribution in [2.45, 2.75) is 32.1 Å². The van der Waals surface area contributed by atoms with Crippen LogP contribution in [0.25, 0.3) is 0 Å². The number of anilines is 1. The Labute approximate surface area is 134 Å². The van der Waals surface area contributed by atoms with Gasteiger partial charge in [0.1, 0.15) is 11.5 Å². The Morgan fingerprint density at radius 2 is 1.87 bits per heavy atom. The van der Waals surface area contributed by atoms with Gasteiger partial charge in [0.25, 0.3) is 5.69 Å². The van der Waals surface area contributed by atoms with Crippen LogP contribution >= 0.6 is 0 Å². The molecule has 4 rings (SSSR count). The number of ether oxygens (including phenoxy) is 1. The number of rotatable bonds is 3. The van der Waals surface area contributed by atoms with Gasteiger partial charge in [-0.05, 0) is 61.6 Å². The number of nitrogens with one attached hydrogen (secondary N) is 1. The van der Waals surface area contributed by atoms with Gasteiger partial charge in [-0.15, -0.1) is 0 Å². The summed E-state index contributed by atoms with van der Waals surface area (Å²) in [4.78, 5) is 10.6. The lowest BCUT2D eigenvalue weighted by Gasteiger charge is -2.14. The second-order valence-electron chi connectivity index (χ2n) is 6.61. The summed E-state index contributed by atoms with van der Waals surface area (Å²) < 4.78 is 6.07. The summed E-state index contributed by atoms with van der Waals surface area (Å²) in [5, 5.41) is 14.4. The molecule has 0 unspecified atom stereocenters. The fourth-order valence-electron chi connectivity index (χ4n) is 3.45. The van der Waals surface area contributed by atoms with Crippen LogP contribution < -0.4 is 10.1 Å². The van der Waals surface area contributed by atoms with Crippen molar-refractivity contribution in [1.29, 1.82) is 0 Å². The monoisotopic (exact) mass is 310 g/mol. The van der Waals surface area contributed by atoms with E-state index in [1.54, 1.807) is 12.1 Å². The highest BCUT2D eigenvalue weighted by atomic mass is 16.6. The van der Waals surface area contributed by atoms with Gasteiger partial charge in [0.15, 0.2) is 0 Å². The molecule has 5 heteroatoms. The summed E-state index contributed by atoms with van der Waals surface area (Å²) in [6, 6.07) is 9.24. The zero-order valence-corrected chi connectivity index (χ0v) is 13.2. The van der Waals surface area contributed by atoms with E-state index in [-0.39, 0.29) is 10.6 Å². The zero-order chi connectivity index (χ0) is 16.2. The van der Waals surface area contributed by atoms with E-state index < -0.39 is 0 Å². The summed E-state index contributed by atoms with van der Waals surface area (Å²) in [6.07, 6.45) is 2.46. The van der Waals surface area contributed by atoms with Crippen molar-refractivity contribution < 1.29 is 9.66 Å². The fraction of sp³-hybridized carbons (Fsp3) is 0.333. The molecular weight excluding hydrogens is 292 g/mol. The van der Waals surface area contributed by atoms with Crippen LogP contribution in [0.2, 0.25) is 0 Å². The lowest BCUT2D eigenvalue weighted by atomic mass is 9.98. The number of hydrogen-bond donors (Lipinski definition) is 1. The van der Waals surface area contributed by atoms with E-state index in [0.717, 1.165) is 23.4 Å². The molecule has 118 valence electrons. The molecular formula is C18H18N2O3. The molecule has 5 nitrogen and oxygen atoms in total. The molecule has 23 heavy (non-hydrogen) atoms. The normalized spacial score (nSPS) is 16.8. The quantitative estimate of drug-likeness (QED) is 0.671. The predicted molar refractivity (Wildman–Crippen MR) is 88.5 cm³/mol. The third kappa shape index (κ3) is 2.23. The van der Waals surface area contributed by atoms with E-state index in [2.05, 4.69) is 17.4 Å². The maximum Gasteiger partial charge on any atom is 0.270 e. The summed E-state index contributed by atoms with van der Waals surface area (Å²) >= 11 is 0. The van der Waals surface area contributed by atoms with Crippen LogP contribution in [0.1, 0.15) is 29.5 Å². The third-order valence-corrected chi connectivity index (χ3v) is 4.91. The second kappa shape index (κ2) is 4.72. The van der Waals surface area contributed by atoms with Crippen molar-refractivity contribution in [3.8, 4) is 11.5 Å². The van der Waals surface area contributed by atoms with Crippen molar-refractivity contribution in [3.63, 3.8) is 0 Å². The molecule has 1 saturated carbocycles. The van der Waals surface area contributed by atoms with Gasteiger partial charge in [0, 0.05) is 29.8 Å². The molecule has 2 aromatic carbocycles. The standard InChI is InChI=1S/C18H18N2O3/c1-11-7-13(20(21)22)8-12(2)17(11)23-14-3-4-16-15(9-14)18(5-6-18)10-19-16/h3-4,7-9,19H,5-6,10H2,1-2H3. The van der Waals surface area contributed by atoms with Crippen LogP contribution in [0.4, 0.5) is 11.4 Å². The first kappa shape index (κ1) is 14.1. The average molecular weight is 310 g/mol. The first-order chi connectivity index (χ1) is 11.0. The molecule has 0 bridgehead atoms. The number of nitro benzene ring substituents is 1. The van der Waals surface area contributed by atoms with E-state index in [1.807, 2.05) is 19.9 Å². The smallest absolute Gasteiger partial charge is 0.270 e. The van der Waals surface area contributed by atoms with E-state index >= 15 is 0 Å². The predicted octanol–water partition coefficient (Wildman–Crippen LogP) is 4.46. The highest BCUT2D eigenvalue weighted by Crippen LogP contribution is 2.55. The third-order valence-electron chi connectivity index (χ3n) is 4.91. The molecule has 2 aliphatic rings. The molecule has 0 atom stereocenters. The van der Waals surface area contributed by atoms with Crippen LogP contribution in [0.15, 0.2) is 30.3 Å². The van der Waals surface area contributed by atoms with Crippen molar-refractivity contribution >= 4 is 11.4 Å². The SMILES string of the molecule is Cc1cc([N+](=O)[O-])cc(C)c1Oc1ccc2c(c1)C1(CC1)CN2. The number of nitro groups is 1. The fourth-order valence-corrected chi connectivity index (χ4v) is 3.45. The number of benzene rings is 2. The lowest BCUT2D eigenvalue weighted by Crippen LogP contribution is -2.08. The summed E-state index contributed by atoms with van der Waals surface area (Å²) in [5.74, 6) is 1.49. The highest BCUT2D eigenvalue weighted by Gasteiger charge is 2.49. The van der Waals surface area contributed by atoms with Gasteiger partial charge >= 0.3 is 0 Å². The van der Waals surface area contributed by atoms with Crippen LogP contribution in [-0.2, 0) is 5.41 Å². The second-order valence-corrected chi connectivity index (χ2v) is 6.61. The average Bonchev–Trinajstić information content (AvgIpc) is 3.21. The van der Waals surface area contributed by atoms with Gasteiger partial charge in [0.05, 0.1) is 4.92 Å². The van der Waals surface area contributed by atoms with Gasteiger partial charge in [-0.1, -0.05) is 0 Å². The zero-order valence-electron chi connectivity index (χ0n) is 13.2. The molecule has 1 N–H and O–H groups in total. The van der Waals surface area contributed by atoms with Crippen molar-refractivity contribution in [1.82, 2.24) is 0 Å². The lowest BCUT2D eigenvalue weighted by molar-refractivity contribution is -0.385. The summed E-state index contributed by atoms with van der Waals surface area (Å²) in [5.41, 5.74) is 4.50. The van der Waals surface area contributed by atoms with E-state index in [0.29, 0.717) is 11.2 Å². The minimum absolute atomic E-state index is 0.0995. The molecule has 1 aliphatic carbocycles. The largest absolute Gasteiger partial charge is 0.457 e. The minimum atomic E-state index is -0.373. The molecule has 0 aromatic heterocycles. The number of fused-ring (bicyclic) bond motifs is 2. The van der Waals surface area contributed by atoms with Gasteiger partial charge in [-0.2, -0.15) is 0 Å². The van der Waals surface area contributed by atoms with E-state index in [1.165, 1.54) is 24.1 Å². The number of aryl methyl sites for hydroxylation is 2. The Morgan fingerprint density at radius 1 is 1.17 bits per heavy atom. The van der Waals surface area contributed by atoms with Crippen LogP contribution in [-0.4, -0.2) is 11.5 Å². The molecule has 0 saturated heterocycles. The number of non-ortho nitro benzene ring substituents is 1. The number of hydrogen-bond acceptors (Lipinski definition) is 4. The Morgan fingerprint density at radius 3 is 2.48 bits per heavy atom. The molecule has 1 spiro atoms. The maximum atomic E-state index is 10.9. The summed E-state index contributed by atoms with van der Waals surface area (Å²) in [6.45, 7) is 4.70. The van der Waals surface area contributed by atoms with Crippen molar-refractivity contribution in [3.05, 3.63) is 57.1 Å². The van der Waals surface area contributed by atoms with Gasteiger partial charge in [0.2, 0.25) is 0 Å². The maximum absolute atomic E-state index is 10.9. The molecule has 1 fully saturated rings. The Balaban J connectivity index is 1.68.